The molecule has 1 N–H and O–H groups in total. The maximum Gasteiger partial charge on any atom is 0.322 e. The Morgan fingerprint density at radius 3 is 2.70 bits per heavy atom. The van der Waals surface area contributed by atoms with Crippen LogP contribution in [0.4, 0.5) is 10.5 Å². The van der Waals surface area contributed by atoms with Crippen LogP contribution in [0.25, 0.3) is 0 Å². The normalized spacial score (nSPS) is 15.6. The number of halogens is 1. The van der Waals surface area contributed by atoms with Gasteiger partial charge in [0.1, 0.15) is 6.54 Å². The summed E-state index contributed by atoms with van der Waals surface area (Å²) in [4.78, 5) is 29.7. The van der Waals surface area contributed by atoms with Crippen LogP contribution in [-0.2, 0) is 11.2 Å². The predicted molar refractivity (Wildman–Crippen MR) is 124 cm³/mol. The van der Waals surface area contributed by atoms with Crippen molar-refractivity contribution in [2.75, 3.05) is 25.0 Å². The van der Waals surface area contributed by atoms with Gasteiger partial charge in [-0.15, -0.1) is 0 Å². The average Bonchev–Trinajstić information content (AvgIpc) is 2.71. The molecule has 3 amide bonds. The molecule has 0 bridgehead atoms. The quantitative estimate of drug-likeness (QED) is 0.606. The Kier molecular flexibility index (Phi) is 7.53. The van der Waals surface area contributed by atoms with Crippen LogP contribution in [0.15, 0.2) is 53.0 Å². The molecule has 2 aromatic rings. The molecule has 0 fully saturated rings. The van der Waals surface area contributed by atoms with Gasteiger partial charge < -0.3 is 15.1 Å². The van der Waals surface area contributed by atoms with Crippen LogP contribution < -0.4 is 5.32 Å². The number of anilines is 1. The molecule has 1 atom stereocenters. The summed E-state index contributed by atoms with van der Waals surface area (Å²) in [6.45, 7) is 7.62. The third-order valence-corrected chi connectivity index (χ3v) is 6.07. The Morgan fingerprint density at radius 2 is 1.97 bits per heavy atom. The van der Waals surface area contributed by atoms with Crippen molar-refractivity contribution in [3.05, 3.63) is 64.1 Å². The lowest BCUT2D eigenvalue weighted by molar-refractivity contribution is -0.134. The first-order valence-electron chi connectivity index (χ1n) is 10.5. The maximum absolute atomic E-state index is 13.2. The summed E-state index contributed by atoms with van der Waals surface area (Å²) in [5.41, 5.74) is 3.21. The molecule has 1 heterocycles. The molecule has 1 aliphatic rings. The van der Waals surface area contributed by atoms with Crippen molar-refractivity contribution in [3.63, 3.8) is 0 Å². The molecule has 1 aliphatic heterocycles. The molecule has 6 heteroatoms. The van der Waals surface area contributed by atoms with Crippen LogP contribution in [0.5, 0.6) is 0 Å². The number of fused-ring (bicyclic) bond motifs is 1. The average molecular weight is 472 g/mol. The second-order valence-electron chi connectivity index (χ2n) is 8.26. The van der Waals surface area contributed by atoms with Gasteiger partial charge in [0.25, 0.3) is 0 Å². The fourth-order valence-electron chi connectivity index (χ4n) is 3.80. The van der Waals surface area contributed by atoms with E-state index in [1.54, 1.807) is 4.90 Å². The van der Waals surface area contributed by atoms with Gasteiger partial charge in [0, 0.05) is 23.2 Å². The summed E-state index contributed by atoms with van der Waals surface area (Å²) in [5, 5.41) is 2.93. The van der Waals surface area contributed by atoms with Gasteiger partial charge >= 0.3 is 6.03 Å². The largest absolute Gasteiger partial charge is 0.334 e. The lowest BCUT2D eigenvalue weighted by Gasteiger charge is -2.36. The highest BCUT2D eigenvalue weighted by molar-refractivity contribution is 9.10. The first kappa shape index (κ1) is 22.3. The second kappa shape index (κ2) is 10.1. The number of nitrogens with one attached hydrogen (secondary N) is 1. The number of nitrogens with zero attached hydrogens (tertiary/aromatic N) is 2. The van der Waals surface area contributed by atoms with Crippen molar-refractivity contribution in [2.45, 2.75) is 39.7 Å². The molecule has 0 saturated carbocycles. The van der Waals surface area contributed by atoms with Crippen LogP contribution in [0.2, 0.25) is 0 Å². The van der Waals surface area contributed by atoms with Gasteiger partial charge in [-0.2, -0.15) is 0 Å². The van der Waals surface area contributed by atoms with Gasteiger partial charge in [0.15, 0.2) is 0 Å². The minimum atomic E-state index is -0.243. The highest BCUT2D eigenvalue weighted by Gasteiger charge is 2.29. The zero-order chi connectivity index (χ0) is 21.7. The number of hydrogen-bond donors (Lipinski definition) is 1. The number of carbonyl (C=O) groups excluding carboxylic acids is 2. The maximum atomic E-state index is 13.2. The molecule has 0 aliphatic carbocycles. The Balaban J connectivity index is 1.71. The Bertz CT molecular complexity index is 900. The lowest BCUT2D eigenvalue weighted by atomic mass is 9.93. The van der Waals surface area contributed by atoms with E-state index in [1.165, 1.54) is 11.1 Å². The van der Waals surface area contributed by atoms with Crippen molar-refractivity contribution in [1.29, 1.82) is 0 Å². The Labute approximate surface area is 187 Å². The molecule has 2 aromatic carbocycles. The number of rotatable bonds is 6. The van der Waals surface area contributed by atoms with Crippen LogP contribution in [0.3, 0.4) is 0 Å². The monoisotopic (exact) mass is 471 g/mol. The smallest absolute Gasteiger partial charge is 0.322 e. The summed E-state index contributed by atoms with van der Waals surface area (Å²) in [6, 6.07) is 15.5. The molecular weight excluding hydrogens is 442 g/mol. The minimum absolute atomic E-state index is 0.00912. The zero-order valence-electron chi connectivity index (χ0n) is 17.9. The number of carbonyl (C=O) groups is 2. The van der Waals surface area contributed by atoms with Gasteiger partial charge in [0.05, 0.1) is 6.04 Å². The molecule has 160 valence electrons. The third kappa shape index (κ3) is 5.63. The van der Waals surface area contributed by atoms with E-state index >= 15 is 0 Å². The van der Waals surface area contributed by atoms with E-state index in [0.717, 1.165) is 17.3 Å². The Hall–Kier alpha value is -2.34. The molecule has 0 saturated heterocycles. The van der Waals surface area contributed by atoms with E-state index in [2.05, 4.69) is 54.2 Å². The number of urea groups is 1. The van der Waals surface area contributed by atoms with Crippen LogP contribution >= 0.6 is 15.9 Å². The zero-order valence-corrected chi connectivity index (χ0v) is 19.5. The highest BCUT2D eigenvalue weighted by Crippen LogP contribution is 2.29. The molecule has 1 unspecified atom stereocenters. The van der Waals surface area contributed by atoms with Crippen molar-refractivity contribution in [3.8, 4) is 0 Å². The fraction of sp³-hybridized carbons (Fsp3) is 0.417. The molecule has 5 nitrogen and oxygen atoms in total. The van der Waals surface area contributed by atoms with Gasteiger partial charge in [0.2, 0.25) is 5.91 Å². The number of benzene rings is 2. The van der Waals surface area contributed by atoms with Crippen LogP contribution in [-0.4, -0.2) is 41.4 Å². The molecular formula is C24H30BrN3O2. The summed E-state index contributed by atoms with van der Waals surface area (Å²) in [5.74, 6) is 0.437. The summed E-state index contributed by atoms with van der Waals surface area (Å²) >= 11 is 3.43. The van der Waals surface area contributed by atoms with E-state index in [0.29, 0.717) is 24.7 Å². The molecule has 3 rings (SSSR count). The van der Waals surface area contributed by atoms with E-state index in [-0.39, 0.29) is 24.5 Å². The Morgan fingerprint density at radius 1 is 1.20 bits per heavy atom. The fourth-order valence-corrected chi connectivity index (χ4v) is 4.20. The number of hydrogen-bond acceptors (Lipinski definition) is 2. The van der Waals surface area contributed by atoms with E-state index < -0.39 is 0 Å². The third-order valence-electron chi connectivity index (χ3n) is 5.58. The van der Waals surface area contributed by atoms with Crippen molar-refractivity contribution < 1.29 is 9.59 Å². The molecule has 0 aromatic heterocycles. The second-order valence-corrected chi connectivity index (χ2v) is 9.17. The summed E-state index contributed by atoms with van der Waals surface area (Å²) in [7, 11) is 0. The van der Waals surface area contributed by atoms with E-state index in [4.69, 9.17) is 0 Å². The minimum Gasteiger partial charge on any atom is -0.334 e. The topological polar surface area (TPSA) is 52.7 Å². The van der Waals surface area contributed by atoms with E-state index in [1.807, 2.05) is 41.3 Å². The van der Waals surface area contributed by atoms with Crippen LogP contribution in [0.1, 0.15) is 44.4 Å². The summed E-state index contributed by atoms with van der Waals surface area (Å²) in [6.07, 6.45) is 1.69. The van der Waals surface area contributed by atoms with Gasteiger partial charge in [-0.25, -0.2) is 4.79 Å². The summed E-state index contributed by atoms with van der Waals surface area (Å²) < 4.78 is 0.894. The standard InChI is InChI=1S/C24H30BrN3O2/c1-17(2)11-13-27(24(30)26-21-9-6-8-20(25)15-21)16-23(29)28-14-12-19-7-4-5-10-22(19)18(28)3/h4-10,15,17-18H,11-14,16H2,1-3H3,(H,26,30). The number of amides is 3. The van der Waals surface area contributed by atoms with Crippen molar-refractivity contribution in [2.24, 2.45) is 5.92 Å². The van der Waals surface area contributed by atoms with Gasteiger partial charge in [-0.3, -0.25) is 4.79 Å². The van der Waals surface area contributed by atoms with Crippen molar-refractivity contribution in [1.82, 2.24) is 9.80 Å². The first-order valence-corrected chi connectivity index (χ1v) is 11.3. The first-order chi connectivity index (χ1) is 14.3. The van der Waals surface area contributed by atoms with E-state index in [9.17, 15) is 9.59 Å². The highest BCUT2D eigenvalue weighted by atomic mass is 79.9. The predicted octanol–water partition coefficient (Wildman–Crippen LogP) is 5.48. The van der Waals surface area contributed by atoms with Gasteiger partial charge in [-0.1, -0.05) is 60.1 Å². The SMILES string of the molecule is CC(C)CCN(CC(=O)N1CCc2ccccc2C1C)C(=O)Nc1cccc(Br)c1. The van der Waals surface area contributed by atoms with Crippen molar-refractivity contribution >= 4 is 33.6 Å². The lowest BCUT2D eigenvalue weighted by Crippen LogP contribution is -2.47. The van der Waals surface area contributed by atoms with Gasteiger partial charge in [-0.05, 0) is 55.0 Å². The molecule has 0 spiro atoms. The molecule has 0 radical (unpaired) electrons. The van der Waals surface area contributed by atoms with Crippen LogP contribution in [0, 0.1) is 5.92 Å². The molecule has 30 heavy (non-hydrogen) atoms.